The Labute approximate surface area is 83.3 Å². The van der Waals surface area contributed by atoms with Gasteiger partial charge in [-0.05, 0) is 5.56 Å². The molecular formula is C11H13NO2. The van der Waals surface area contributed by atoms with E-state index in [0.717, 1.165) is 12.0 Å². The van der Waals surface area contributed by atoms with E-state index in [1.165, 1.54) is 0 Å². The molecule has 1 aromatic carbocycles. The minimum Gasteiger partial charge on any atom is -0.377 e. The van der Waals surface area contributed by atoms with Gasteiger partial charge in [0.25, 0.3) is 0 Å². The van der Waals surface area contributed by atoms with E-state index in [1.807, 2.05) is 30.3 Å². The SMILES string of the molecule is O=CN1CCOCC1c1ccccc1. The molecule has 0 saturated carbocycles. The Hall–Kier alpha value is -1.35. The second-order valence-corrected chi connectivity index (χ2v) is 3.34. The van der Waals surface area contributed by atoms with Gasteiger partial charge in [-0.1, -0.05) is 30.3 Å². The molecule has 0 aromatic heterocycles. The average molecular weight is 191 g/mol. The van der Waals surface area contributed by atoms with Crippen molar-refractivity contribution in [3.8, 4) is 0 Å². The third-order valence-corrected chi connectivity index (χ3v) is 2.49. The van der Waals surface area contributed by atoms with Crippen LogP contribution in [-0.2, 0) is 9.53 Å². The van der Waals surface area contributed by atoms with Gasteiger partial charge in [0.05, 0.1) is 19.3 Å². The number of benzene rings is 1. The first-order valence-corrected chi connectivity index (χ1v) is 4.75. The molecule has 3 heteroatoms. The molecule has 1 fully saturated rings. The van der Waals surface area contributed by atoms with Gasteiger partial charge in [-0.3, -0.25) is 4.79 Å². The van der Waals surface area contributed by atoms with Gasteiger partial charge in [0.15, 0.2) is 0 Å². The number of hydrogen-bond donors (Lipinski definition) is 0. The van der Waals surface area contributed by atoms with Crippen molar-refractivity contribution < 1.29 is 9.53 Å². The number of carbonyl (C=O) groups excluding carboxylic acids is 1. The summed E-state index contributed by atoms with van der Waals surface area (Å²) in [6.07, 6.45) is 0.903. The molecule has 1 unspecified atom stereocenters. The number of nitrogens with zero attached hydrogens (tertiary/aromatic N) is 1. The molecule has 2 rings (SSSR count). The zero-order valence-corrected chi connectivity index (χ0v) is 7.93. The second kappa shape index (κ2) is 4.24. The molecule has 1 saturated heterocycles. The average Bonchev–Trinajstić information content (AvgIpc) is 2.30. The Morgan fingerprint density at radius 3 is 2.86 bits per heavy atom. The van der Waals surface area contributed by atoms with Crippen LogP contribution in [0.3, 0.4) is 0 Å². The summed E-state index contributed by atoms with van der Waals surface area (Å²) in [5.41, 5.74) is 1.14. The highest BCUT2D eigenvalue weighted by Crippen LogP contribution is 2.21. The molecule has 0 spiro atoms. The van der Waals surface area contributed by atoms with Crippen molar-refractivity contribution in [2.45, 2.75) is 6.04 Å². The first-order valence-electron chi connectivity index (χ1n) is 4.75. The highest BCUT2D eigenvalue weighted by molar-refractivity contribution is 5.49. The van der Waals surface area contributed by atoms with Gasteiger partial charge in [-0.2, -0.15) is 0 Å². The summed E-state index contributed by atoms with van der Waals surface area (Å²) in [4.78, 5) is 12.6. The van der Waals surface area contributed by atoms with E-state index in [1.54, 1.807) is 4.90 Å². The number of hydrogen-bond acceptors (Lipinski definition) is 2. The van der Waals surface area contributed by atoms with Crippen LogP contribution in [0, 0.1) is 0 Å². The van der Waals surface area contributed by atoms with Crippen LogP contribution < -0.4 is 0 Å². The van der Waals surface area contributed by atoms with Crippen LogP contribution in [0.15, 0.2) is 30.3 Å². The van der Waals surface area contributed by atoms with E-state index in [-0.39, 0.29) is 6.04 Å². The fourth-order valence-corrected chi connectivity index (χ4v) is 1.71. The lowest BCUT2D eigenvalue weighted by Gasteiger charge is -2.32. The van der Waals surface area contributed by atoms with Crippen LogP contribution in [0.5, 0.6) is 0 Å². The third kappa shape index (κ3) is 1.77. The lowest BCUT2D eigenvalue weighted by atomic mass is 10.1. The summed E-state index contributed by atoms with van der Waals surface area (Å²) in [6.45, 7) is 1.92. The van der Waals surface area contributed by atoms with Crippen LogP contribution in [0.25, 0.3) is 0 Å². The van der Waals surface area contributed by atoms with Crippen LogP contribution >= 0.6 is 0 Å². The van der Waals surface area contributed by atoms with E-state index in [2.05, 4.69) is 0 Å². The number of morpholine rings is 1. The monoisotopic (exact) mass is 191 g/mol. The van der Waals surface area contributed by atoms with Gasteiger partial charge in [0.2, 0.25) is 6.41 Å². The molecule has 1 atom stereocenters. The lowest BCUT2D eigenvalue weighted by molar-refractivity contribution is -0.126. The van der Waals surface area contributed by atoms with Crippen LogP contribution in [0.4, 0.5) is 0 Å². The smallest absolute Gasteiger partial charge is 0.210 e. The van der Waals surface area contributed by atoms with E-state index >= 15 is 0 Å². The molecule has 0 aliphatic carbocycles. The maximum absolute atomic E-state index is 10.8. The highest BCUT2D eigenvalue weighted by Gasteiger charge is 2.22. The number of amides is 1. The second-order valence-electron chi connectivity index (χ2n) is 3.34. The molecule has 3 nitrogen and oxygen atoms in total. The summed E-state index contributed by atoms with van der Waals surface area (Å²) in [7, 11) is 0. The van der Waals surface area contributed by atoms with Gasteiger partial charge < -0.3 is 9.64 Å². The van der Waals surface area contributed by atoms with E-state index in [9.17, 15) is 4.79 Å². The molecule has 1 amide bonds. The minimum atomic E-state index is 0.0856. The normalized spacial score (nSPS) is 22.0. The largest absolute Gasteiger partial charge is 0.377 e. The number of rotatable bonds is 2. The van der Waals surface area contributed by atoms with Crippen molar-refractivity contribution in [2.24, 2.45) is 0 Å². The van der Waals surface area contributed by atoms with Gasteiger partial charge in [0.1, 0.15) is 0 Å². The molecule has 1 aliphatic heterocycles. The van der Waals surface area contributed by atoms with Crippen molar-refractivity contribution in [3.63, 3.8) is 0 Å². The molecule has 1 aliphatic rings. The van der Waals surface area contributed by atoms with Crippen molar-refractivity contribution in [1.29, 1.82) is 0 Å². The predicted molar refractivity (Wildman–Crippen MR) is 52.8 cm³/mol. The number of ether oxygens (including phenoxy) is 1. The van der Waals surface area contributed by atoms with Gasteiger partial charge in [0, 0.05) is 6.54 Å². The van der Waals surface area contributed by atoms with Gasteiger partial charge in [-0.25, -0.2) is 0 Å². The maximum Gasteiger partial charge on any atom is 0.210 e. The Bertz CT molecular complexity index is 299. The fourth-order valence-electron chi connectivity index (χ4n) is 1.71. The van der Waals surface area contributed by atoms with Gasteiger partial charge >= 0.3 is 0 Å². The molecule has 0 N–H and O–H groups in total. The van der Waals surface area contributed by atoms with Crippen LogP contribution in [-0.4, -0.2) is 31.1 Å². The zero-order chi connectivity index (χ0) is 9.80. The van der Waals surface area contributed by atoms with Crippen molar-refractivity contribution in [1.82, 2.24) is 4.90 Å². The third-order valence-electron chi connectivity index (χ3n) is 2.49. The maximum atomic E-state index is 10.8. The molecule has 0 radical (unpaired) electrons. The molecule has 74 valence electrons. The summed E-state index contributed by atoms with van der Waals surface area (Å²) < 4.78 is 5.37. The first-order chi connectivity index (χ1) is 6.92. The van der Waals surface area contributed by atoms with Crippen molar-refractivity contribution >= 4 is 6.41 Å². The molecular weight excluding hydrogens is 178 g/mol. The standard InChI is InChI=1S/C11H13NO2/c13-9-12-6-7-14-8-11(12)10-4-2-1-3-5-10/h1-5,9,11H,6-8H2. The summed E-state index contributed by atoms with van der Waals surface area (Å²) in [6, 6.07) is 10.1. The topological polar surface area (TPSA) is 29.5 Å². The first kappa shape index (κ1) is 9.21. The Morgan fingerprint density at radius 1 is 1.36 bits per heavy atom. The van der Waals surface area contributed by atoms with Crippen molar-refractivity contribution in [2.75, 3.05) is 19.8 Å². The number of carbonyl (C=O) groups is 1. The Kier molecular flexibility index (Phi) is 2.79. The Morgan fingerprint density at radius 2 is 2.14 bits per heavy atom. The quantitative estimate of drug-likeness (QED) is 0.658. The van der Waals surface area contributed by atoms with Crippen LogP contribution in [0.2, 0.25) is 0 Å². The van der Waals surface area contributed by atoms with E-state index in [4.69, 9.17) is 4.74 Å². The summed E-state index contributed by atoms with van der Waals surface area (Å²) in [5, 5.41) is 0. The fraction of sp³-hybridized carbons (Fsp3) is 0.364. The lowest BCUT2D eigenvalue weighted by Crippen LogP contribution is -2.38. The van der Waals surface area contributed by atoms with Gasteiger partial charge in [-0.15, -0.1) is 0 Å². The molecule has 14 heavy (non-hydrogen) atoms. The van der Waals surface area contributed by atoms with E-state index in [0.29, 0.717) is 19.8 Å². The minimum absolute atomic E-state index is 0.0856. The summed E-state index contributed by atoms with van der Waals surface area (Å²) >= 11 is 0. The predicted octanol–water partition coefficient (Wildman–Crippen LogP) is 1.22. The van der Waals surface area contributed by atoms with Crippen molar-refractivity contribution in [3.05, 3.63) is 35.9 Å². The molecule has 0 bridgehead atoms. The zero-order valence-electron chi connectivity index (χ0n) is 7.93. The van der Waals surface area contributed by atoms with E-state index < -0.39 is 0 Å². The summed E-state index contributed by atoms with van der Waals surface area (Å²) in [5.74, 6) is 0. The molecule has 1 heterocycles. The molecule has 1 aromatic rings. The highest BCUT2D eigenvalue weighted by atomic mass is 16.5. The van der Waals surface area contributed by atoms with Crippen LogP contribution in [0.1, 0.15) is 11.6 Å². The Balaban J connectivity index is 2.19.